The van der Waals surface area contributed by atoms with Crippen LogP contribution in [0, 0.1) is 11.8 Å². The van der Waals surface area contributed by atoms with Crippen LogP contribution in [0.15, 0.2) is 70.3 Å². The summed E-state index contributed by atoms with van der Waals surface area (Å²) in [5.74, 6) is 6.63. The lowest BCUT2D eigenvalue weighted by Gasteiger charge is -2.31. The maximum atomic E-state index is 13.9. The normalized spacial score (nSPS) is 15.7. The van der Waals surface area contributed by atoms with Gasteiger partial charge in [-0.15, -0.1) is 5.92 Å². The van der Waals surface area contributed by atoms with E-state index in [1.54, 1.807) is 6.92 Å². The Morgan fingerprint density at radius 3 is 2.43 bits per heavy atom. The summed E-state index contributed by atoms with van der Waals surface area (Å²) in [7, 11) is 0. The maximum Gasteiger partial charge on any atom is 0.337 e. The molecule has 0 radical (unpaired) electrons. The van der Waals surface area contributed by atoms with Crippen molar-refractivity contribution in [3.05, 3.63) is 87.1 Å². The predicted octanol–water partition coefficient (Wildman–Crippen LogP) is 2.35. The van der Waals surface area contributed by atoms with E-state index < -0.39 is 5.69 Å². The Kier molecular flexibility index (Phi) is 6.25. The van der Waals surface area contributed by atoms with Gasteiger partial charge >= 0.3 is 5.69 Å². The Bertz CT molecular complexity index is 1520. The van der Waals surface area contributed by atoms with Gasteiger partial charge in [-0.3, -0.25) is 13.9 Å². The molecular weight excluding hydrogens is 440 g/mol. The standard InChI is InChI=1S/C27H28N6O2/c1-2-3-17-31-23-24(29-26(31)30-16-10-13-21(28)19-30)33(22-14-8-5-9-15-22)27(35)32(25(23)34)18-20-11-6-4-7-12-20/h4-9,11-12,14-15,21H,10,13,16-19,28H2,1H3/t21-/m1/s1. The predicted molar refractivity (Wildman–Crippen MR) is 138 cm³/mol. The van der Waals surface area contributed by atoms with E-state index in [1.807, 2.05) is 65.2 Å². The molecule has 5 rings (SSSR count). The van der Waals surface area contributed by atoms with Gasteiger partial charge in [0.15, 0.2) is 11.2 Å². The SMILES string of the molecule is CC#CCn1c(N2CCC[C@@H](N)C2)nc2c1c(=O)n(Cc1ccccc1)c(=O)n2-c1ccccc1. The summed E-state index contributed by atoms with van der Waals surface area (Å²) in [6.07, 6.45) is 1.89. The second-order valence-corrected chi connectivity index (χ2v) is 8.78. The van der Waals surface area contributed by atoms with Gasteiger partial charge in [0.05, 0.1) is 18.8 Å². The van der Waals surface area contributed by atoms with Crippen molar-refractivity contribution in [1.82, 2.24) is 18.7 Å². The van der Waals surface area contributed by atoms with Gasteiger partial charge in [0.25, 0.3) is 5.56 Å². The van der Waals surface area contributed by atoms with Crippen LogP contribution in [0.1, 0.15) is 25.3 Å². The van der Waals surface area contributed by atoms with Crippen molar-refractivity contribution in [3.63, 3.8) is 0 Å². The van der Waals surface area contributed by atoms with E-state index in [0.29, 0.717) is 35.9 Å². The first kappa shape index (κ1) is 22.7. The summed E-state index contributed by atoms with van der Waals surface area (Å²) < 4.78 is 4.66. The van der Waals surface area contributed by atoms with E-state index in [0.717, 1.165) is 24.9 Å². The molecule has 8 heteroatoms. The van der Waals surface area contributed by atoms with Crippen LogP contribution < -0.4 is 21.9 Å². The monoisotopic (exact) mass is 468 g/mol. The Morgan fingerprint density at radius 1 is 1.03 bits per heavy atom. The van der Waals surface area contributed by atoms with Crippen LogP contribution in [0.5, 0.6) is 0 Å². The fourth-order valence-corrected chi connectivity index (χ4v) is 4.68. The quantitative estimate of drug-likeness (QED) is 0.454. The smallest absolute Gasteiger partial charge is 0.337 e. The van der Waals surface area contributed by atoms with Crippen LogP contribution in [-0.2, 0) is 13.1 Å². The first-order valence-electron chi connectivity index (χ1n) is 11.8. The molecule has 1 aliphatic rings. The number of piperidine rings is 1. The van der Waals surface area contributed by atoms with E-state index in [4.69, 9.17) is 10.7 Å². The number of anilines is 1. The Morgan fingerprint density at radius 2 is 1.74 bits per heavy atom. The van der Waals surface area contributed by atoms with Gasteiger partial charge in [0, 0.05) is 19.1 Å². The third-order valence-electron chi connectivity index (χ3n) is 6.36. The molecule has 1 fully saturated rings. The summed E-state index contributed by atoms with van der Waals surface area (Å²) >= 11 is 0. The van der Waals surface area contributed by atoms with Gasteiger partial charge < -0.3 is 10.6 Å². The second kappa shape index (κ2) is 9.65. The van der Waals surface area contributed by atoms with Gasteiger partial charge in [-0.2, -0.15) is 4.98 Å². The number of para-hydroxylation sites is 1. The average molecular weight is 469 g/mol. The molecule has 0 unspecified atom stereocenters. The van der Waals surface area contributed by atoms with Crippen molar-refractivity contribution in [2.75, 3.05) is 18.0 Å². The van der Waals surface area contributed by atoms with Crippen LogP contribution in [0.3, 0.4) is 0 Å². The van der Waals surface area contributed by atoms with Crippen molar-refractivity contribution >= 4 is 17.1 Å². The van der Waals surface area contributed by atoms with Crippen LogP contribution in [-0.4, -0.2) is 37.8 Å². The van der Waals surface area contributed by atoms with Crippen LogP contribution in [0.25, 0.3) is 16.9 Å². The van der Waals surface area contributed by atoms with Crippen LogP contribution in [0.4, 0.5) is 5.95 Å². The highest BCUT2D eigenvalue weighted by Gasteiger charge is 2.27. The number of rotatable bonds is 5. The number of nitrogens with two attached hydrogens (primary N) is 1. The molecule has 0 amide bonds. The molecule has 0 bridgehead atoms. The lowest BCUT2D eigenvalue weighted by Crippen LogP contribution is -2.44. The van der Waals surface area contributed by atoms with Crippen molar-refractivity contribution in [1.29, 1.82) is 0 Å². The third-order valence-corrected chi connectivity index (χ3v) is 6.36. The fourth-order valence-electron chi connectivity index (χ4n) is 4.68. The lowest BCUT2D eigenvalue weighted by molar-refractivity contribution is 0.496. The van der Waals surface area contributed by atoms with Gasteiger partial charge in [-0.1, -0.05) is 54.5 Å². The molecule has 0 spiro atoms. The molecule has 1 aliphatic heterocycles. The summed E-state index contributed by atoms with van der Waals surface area (Å²) in [6, 6.07) is 18.9. The third kappa shape index (κ3) is 4.27. The maximum absolute atomic E-state index is 13.9. The molecule has 2 N–H and O–H groups in total. The minimum atomic E-state index is -0.425. The van der Waals surface area contributed by atoms with E-state index in [-0.39, 0.29) is 18.1 Å². The summed E-state index contributed by atoms with van der Waals surface area (Å²) in [6.45, 7) is 3.64. The molecule has 2 aromatic heterocycles. The highest BCUT2D eigenvalue weighted by atomic mass is 16.2. The van der Waals surface area contributed by atoms with E-state index in [1.165, 1.54) is 9.13 Å². The number of aromatic nitrogens is 4. The first-order chi connectivity index (χ1) is 17.1. The lowest BCUT2D eigenvalue weighted by atomic mass is 10.1. The molecule has 2 aromatic carbocycles. The summed E-state index contributed by atoms with van der Waals surface area (Å²) in [5.41, 5.74) is 7.68. The number of fused-ring (bicyclic) bond motifs is 1. The molecule has 8 nitrogen and oxygen atoms in total. The first-order valence-corrected chi connectivity index (χ1v) is 11.8. The summed E-state index contributed by atoms with van der Waals surface area (Å²) in [5, 5.41) is 0. The molecule has 1 saturated heterocycles. The number of hydrogen-bond acceptors (Lipinski definition) is 5. The number of benzene rings is 2. The van der Waals surface area contributed by atoms with Gasteiger partial charge in [-0.25, -0.2) is 9.36 Å². The van der Waals surface area contributed by atoms with Crippen molar-refractivity contribution in [2.24, 2.45) is 5.73 Å². The molecule has 178 valence electrons. The molecular formula is C27H28N6O2. The second-order valence-electron chi connectivity index (χ2n) is 8.78. The average Bonchev–Trinajstić information content (AvgIpc) is 3.26. The van der Waals surface area contributed by atoms with Crippen molar-refractivity contribution < 1.29 is 0 Å². The zero-order valence-corrected chi connectivity index (χ0v) is 19.7. The largest absolute Gasteiger partial charge is 0.341 e. The highest BCUT2D eigenvalue weighted by Crippen LogP contribution is 2.24. The zero-order valence-electron chi connectivity index (χ0n) is 19.7. The molecule has 4 aromatic rings. The zero-order chi connectivity index (χ0) is 24.4. The number of hydrogen-bond donors (Lipinski definition) is 1. The van der Waals surface area contributed by atoms with E-state index in [2.05, 4.69) is 16.7 Å². The molecule has 35 heavy (non-hydrogen) atoms. The Hall–Kier alpha value is -4.09. The Labute approximate surface area is 203 Å². The van der Waals surface area contributed by atoms with Crippen LogP contribution in [0.2, 0.25) is 0 Å². The minimum absolute atomic E-state index is 0.0281. The fraction of sp³-hybridized carbons (Fsp3) is 0.296. The van der Waals surface area contributed by atoms with Crippen molar-refractivity contribution in [2.45, 2.75) is 38.9 Å². The van der Waals surface area contributed by atoms with Gasteiger partial charge in [0.2, 0.25) is 5.95 Å². The number of imidazole rings is 1. The highest BCUT2D eigenvalue weighted by molar-refractivity contribution is 5.76. The molecule has 0 saturated carbocycles. The topological polar surface area (TPSA) is 91.1 Å². The van der Waals surface area contributed by atoms with Crippen molar-refractivity contribution in [3.8, 4) is 17.5 Å². The molecule has 0 aliphatic carbocycles. The summed E-state index contributed by atoms with van der Waals surface area (Å²) in [4.78, 5) is 34.7. The van der Waals surface area contributed by atoms with Crippen LogP contribution >= 0.6 is 0 Å². The van der Waals surface area contributed by atoms with E-state index in [9.17, 15) is 9.59 Å². The molecule has 1 atom stereocenters. The van der Waals surface area contributed by atoms with Gasteiger partial charge in [0.1, 0.15) is 0 Å². The minimum Gasteiger partial charge on any atom is -0.341 e. The number of nitrogens with zero attached hydrogens (tertiary/aromatic N) is 5. The Balaban J connectivity index is 1.83. The van der Waals surface area contributed by atoms with Gasteiger partial charge in [-0.05, 0) is 37.5 Å². The van der Waals surface area contributed by atoms with E-state index >= 15 is 0 Å². The molecule has 3 heterocycles.